The summed E-state index contributed by atoms with van der Waals surface area (Å²) in [6, 6.07) is 16.4. The molecule has 0 amide bonds. The van der Waals surface area contributed by atoms with Crippen LogP contribution in [0.5, 0.6) is 0 Å². The summed E-state index contributed by atoms with van der Waals surface area (Å²) in [5.41, 5.74) is 3.60. The third-order valence-electron chi connectivity index (χ3n) is 5.38. The van der Waals surface area contributed by atoms with Crippen molar-refractivity contribution in [3.05, 3.63) is 103 Å². The largest absolute Gasteiger partial charge is 0.463 e. The van der Waals surface area contributed by atoms with Gasteiger partial charge in [0.15, 0.2) is 4.80 Å². The van der Waals surface area contributed by atoms with Crippen LogP contribution in [0, 0.1) is 0 Å². The van der Waals surface area contributed by atoms with E-state index >= 15 is 0 Å². The smallest absolute Gasteiger partial charge is 0.338 e. The maximum Gasteiger partial charge on any atom is 0.338 e. The van der Waals surface area contributed by atoms with E-state index in [1.165, 1.54) is 11.3 Å². The molecule has 164 valence electrons. The average Bonchev–Trinajstić information content (AvgIpc) is 3.13. The summed E-state index contributed by atoms with van der Waals surface area (Å²) in [6.07, 6.45) is 3.36. The molecule has 4 aromatic rings. The van der Waals surface area contributed by atoms with Crippen LogP contribution in [0.4, 0.5) is 0 Å². The summed E-state index contributed by atoms with van der Waals surface area (Å²) in [5.74, 6) is -0.470. The van der Waals surface area contributed by atoms with Gasteiger partial charge in [-0.15, -0.1) is 0 Å². The van der Waals surface area contributed by atoms with Crippen molar-refractivity contribution in [3.63, 3.8) is 0 Å². The van der Waals surface area contributed by atoms with Crippen molar-refractivity contribution >= 4 is 34.4 Å². The first kappa shape index (κ1) is 21.0. The van der Waals surface area contributed by atoms with Gasteiger partial charge in [0.2, 0.25) is 0 Å². The molecule has 8 heteroatoms. The number of thiazole rings is 1. The maximum absolute atomic E-state index is 13.6. The fourth-order valence-electron chi connectivity index (χ4n) is 3.92. The van der Waals surface area contributed by atoms with Gasteiger partial charge in [-0.2, -0.15) is 0 Å². The van der Waals surface area contributed by atoms with Crippen molar-refractivity contribution in [1.82, 2.24) is 14.5 Å². The molecule has 1 unspecified atom stereocenters. The molecular weight excluding hydrogens is 436 g/mol. The number of benzene rings is 2. The second-order valence-electron chi connectivity index (χ2n) is 7.50. The molecule has 2 aromatic heterocycles. The number of ether oxygens (including phenoxy) is 1. The van der Waals surface area contributed by atoms with E-state index in [1.807, 2.05) is 54.6 Å². The number of esters is 1. The molecule has 0 bridgehead atoms. The Morgan fingerprint density at radius 3 is 2.61 bits per heavy atom. The fourth-order valence-corrected chi connectivity index (χ4v) is 4.95. The van der Waals surface area contributed by atoms with Gasteiger partial charge in [-0.1, -0.05) is 53.8 Å². The number of rotatable bonds is 4. The molecule has 3 heterocycles. The summed E-state index contributed by atoms with van der Waals surface area (Å²) in [6.45, 7) is 3.77. The normalized spacial score (nSPS) is 15.9. The maximum atomic E-state index is 13.6. The molecule has 1 aliphatic heterocycles. The number of fused-ring (bicyclic) bond motifs is 2. The van der Waals surface area contributed by atoms with Crippen molar-refractivity contribution in [3.8, 4) is 0 Å². The summed E-state index contributed by atoms with van der Waals surface area (Å²) in [4.78, 5) is 40.6. The highest BCUT2D eigenvalue weighted by Crippen LogP contribution is 2.30. The summed E-state index contributed by atoms with van der Waals surface area (Å²) >= 11 is 1.27. The second-order valence-corrected chi connectivity index (χ2v) is 8.51. The summed E-state index contributed by atoms with van der Waals surface area (Å²) < 4.78 is 7.35. The van der Waals surface area contributed by atoms with Gasteiger partial charge in [-0.25, -0.2) is 14.8 Å². The topological polar surface area (TPSA) is 86.4 Å². The van der Waals surface area contributed by atoms with E-state index in [0.717, 1.165) is 16.6 Å². The predicted molar refractivity (Wildman–Crippen MR) is 126 cm³/mol. The SMILES string of the molecule is CCOC(=O)C1=C(C)N=c2s/c(=C/c3cnc4ccccc4n3)c(=O)n2C1c1ccccc1. The molecule has 0 saturated carbocycles. The van der Waals surface area contributed by atoms with Crippen LogP contribution in [0.3, 0.4) is 0 Å². The Morgan fingerprint density at radius 2 is 1.85 bits per heavy atom. The summed E-state index contributed by atoms with van der Waals surface area (Å²) in [7, 11) is 0. The van der Waals surface area contributed by atoms with E-state index in [1.54, 1.807) is 30.7 Å². The molecule has 0 spiro atoms. The van der Waals surface area contributed by atoms with Crippen LogP contribution in [0.15, 0.2) is 81.9 Å². The number of carbonyl (C=O) groups excluding carboxylic acids is 1. The quantitative estimate of drug-likeness (QED) is 0.441. The molecule has 1 atom stereocenters. The molecular formula is C25H20N4O3S. The lowest BCUT2D eigenvalue weighted by molar-refractivity contribution is -0.139. The molecule has 0 radical (unpaired) electrons. The van der Waals surface area contributed by atoms with Crippen LogP contribution in [-0.4, -0.2) is 27.1 Å². The molecule has 0 N–H and O–H groups in total. The van der Waals surface area contributed by atoms with Crippen LogP contribution in [0.1, 0.15) is 31.1 Å². The van der Waals surface area contributed by atoms with Crippen molar-refractivity contribution in [1.29, 1.82) is 0 Å². The van der Waals surface area contributed by atoms with Crippen molar-refractivity contribution in [2.45, 2.75) is 19.9 Å². The van der Waals surface area contributed by atoms with Gasteiger partial charge in [0.25, 0.3) is 5.56 Å². The Bertz CT molecular complexity index is 1590. The zero-order valence-electron chi connectivity index (χ0n) is 18.1. The van der Waals surface area contributed by atoms with Crippen molar-refractivity contribution in [2.75, 3.05) is 6.61 Å². The lowest BCUT2D eigenvalue weighted by atomic mass is 9.96. The Morgan fingerprint density at radius 1 is 1.12 bits per heavy atom. The monoisotopic (exact) mass is 456 g/mol. The van der Waals surface area contributed by atoms with E-state index in [4.69, 9.17) is 4.74 Å². The minimum absolute atomic E-state index is 0.238. The molecule has 0 saturated heterocycles. The average molecular weight is 457 g/mol. The van der Waals surface area contributed by atoms with E-state index in [-0.39, 0.29) is 12.2 Å². The third kappa shape index (κ3) is 3.78. The Balaban J connectivity index is 1.71. The Hall–Kier alpha value is -3.91. The van der Waals surface area contributed by atoms with Crippen molar-refractivity contribution < 1.29 is 9.53 Å². The van der Waals surface area contributed by atoms with Gasteiger partial charge in [-0.3, -0.25) is 14.3 Å². The predicted octanol–water partition coefficient (Wildman–Crippen LogP) is 2.74. The Labute approximate surface area is 193 Å². The third-order valence-corrected chi connectivity index (χ3v) is 6.36. The zero-order valence-corrected chi connectivity index (χ0v) is 18.9. The first-order valence-corrected chi connectivity index (χ1v) is 11.3. The molecule has 0 fully saturated rings. The van der Waals surface area contributed by atoms with Crippen LogP contribution < -0.4 is 14.9 Å². The van der Waals surface area contributed by atoms with E-state index < -0.39 is 12.0 Å². The summed E-state index contributed by atoms with van der Waals surface area (Å²) in [5, 5.41) is 0. The number of para-hydroxylation sites is 2. The van der Waals surface area contributed by atoms with Gasteiger partial charge >= 0.3 is 5.97 Å². The number of hydrogen-bond acceptors (Lipinski definition) is 7. The number of allylic oxidation sites excluding steroid dienone is 1. The number of hydrogen-bond donors (Lipinski definition) is 0. The van der Waals surface area contributed by atoms with Crippen LogP contribution in [0.25, 0.3) is 17.1 Å². The van der Waals surface area contributed by atoms with Crippen LogP contribution in [0.2, 0.25) is 0 Å². The van der Waals surface area contributed by atoms with Crippen LogP contribution in [-0.2, 0) is 9.53 Å². The van der Waals surface area contributed by atoms with E-state index in [9.17, 15) is 9.59 Å². The van der Waals surface area contributed by atoms with E-state index in [2.05, 4.69) is 15.0 Å². The lowest BCUT2D eigenvalue weighted by Gasteiger charge is -2.24. The molecule has 33 heavy (non-hydrogen) atoms. The minimum atomic E-state index is -0.619. The van der Waals surface area contributed by atoms with Gasteiger partial charge in [-0.05, 0) is 37.6 Å². The lowest BCUT2D eigenvalue weighted by Crippen LogP contribution is -2.39. The minimum Gasteiger partial charge on any atom is -0.463 e. The molecule has 7 nitrogen and oxygen atoms in total. The number of carbonyl (C=O) groups is 1. The molecule has 2 aromatic carbocycles. The first-order valence-electron chi connectivity index (χ1n) is 10.5. The second kappa shape index (κ2) is 8.55. The van der Waals surface area contributed by atoms with E-state index in [0.29, 0.717) is 26.3 Å². The highest BCUT2D eigenvalue weighted by atomic mass is 32.1. The highest BCUT2D eigenvalue weighted by Gasteiger charge is 2.33. The molecule has 1 aliphatic rings. The first-order chi connectivity index (χ1) is 16.1. The molecule has 0 aliphatic carbocycles. The standard InChI is InChI=1S/C25H20N4O3S/c1-3-32-24(31)21-15(2)27-25-29(22(21)16-9-5-4-6-10-16)23(30)20(33-25)13-17-14-26-18-11-7-8-12-19(18)28-17/h4-14,22H,3H2,1-2H3/b20-13+. The van der Waals surface area contributed by atoms with Crippen LogP contribution >= 0.6 is 11.3 Å². The number of nitrogens with zero attached hydrogens (tertiary/aromatic N) is 4. The fraction of sp³-hybridized carbons (Fsp3) is 0.160. The molecule has 5 rings (SSSR count). The highest BCUT2D eigenvalue weighted by molar-refractivity contribution is 7.07. The van der Waals surface area contributed by atoms with Crippen molar-refractivity contribution in [2.24, 2.45) is 4.99 Å². The number of aromatic nitrogens is 3. The van der Waals surface area contributed by atoms with Gasteiger partial charge in [0.1, 0.15) is 0 Å². The van der Waals surface area contributed by atoms with Gasteiger partial charge in [0.05, 0.1) is 51.4 Å². The Kier molecular flexibility index (Phi) is 5.43. The van der Waals surface area contributed by atoms with Gasteiger partial charge in [0, 0.05) is 0 Å². The zero-order chi connectivity index (χ0) is 22.9. The van der Waals surface area contributed by atoms with Gasteiger partial charge < -0.3 is 4.74 Å².